The number of carbonyl (C=O) groups is 1. The number of ether oxygens (including phenoxy) is 1. The van der Waals surface area contributed by atoms with Crippen LogP contribution in [0.1, 0.15) is 51.2 Å². The summed E-state index contributed by atoms with van der Waals surface area (Å²) in [4.78, 5) is 11.0. The molecule has 0 saturated carbocycles. The summed E-state index contributed by atoms with van der Waals surface area (Å²) in [7, 11) is 0. The van der Waals surface area contributed by atoms with Gasteiger partial charge in [0.25, 0.3) is 0 Å². The van der Waals surface area contributed by atoms with Crippen molar-refractivity contribution in [1.82, 2.24) is 5.43 Å². The lowest BCUT2D eigenvalue weighted by molar-refractivity contribution is -0.121. The molecule has 1 rings (SSSR count). The van der Waals surface area contributed by atoms with Crippen molar-refractivity contribution in [2.24, 2.45) is 5.84 Å². The van der Waals surface area contributed by atoms with Gasteiger partial charge in [0.2, 0.25) is 5.91 Å². The maximum Gasteiger partial charge on any atom is 0.233 e. The fraction of sp³-hybridized carbons (Fsp3) is 0.562. The van der Waals surface area contributed by atoms with E-state index in [1.807, 2.05) is 6.07 Å². The Morgan fingerprint density at radius 1 is 1.30 bits per heavy atom. The van der Waals surface area contributed by atoms with E-state index in [9.17, 15) is 4.79 Å². The van der Waals surface area contributed by atoms with Crippen molar-refractivity contribution < 1.29 is 9.53 Å². The first-order valence-electron chi connectivity index (χ1n) is 7.08. The van der Waals surface area contributed by atoms with Gasteiger partial charge in [0.1, 0.15) is 5.75 Å². The minimum absolute atomic E-state index is 0.0563. The van der Waals surface area contributed by atoms with E-state index in [-0.39, 0.29) is 11.3 Å². The highest BCUT2D eigenvalue weighted by molar-refractivity contribution is 5.75. The number of unbranched alkanes of at least 4 members (excludes halogenated alkanes) is 1. The molecule has 0 heterocycles. The standard InChI is InChI=1S/C16H26N2O2/c1-12-8-9-14(13(11-12)16(2,3)4)20-10-6-5-7-15(19)18-17/h8-9,11H,5-7,10,17H2,1-4H3,(H,18,19). The zero-order valence-electron chi connectivity index (χ0n) is 13.0. The molecule has 0 aromatic heterocycles. The zero-order valence-corrected chi connectivity index (χ0v) is 13.0. The number of aryl methyl sites for hydroxylation is 1. The molecule has 1 aromatic carbocycles. The summed E-state index contributed by atoms with van der Waals surface area (Å²) >= 11 is 0. The van der Waals surface area contributed by atoms with E-state index in [1.54, 1.807) is 0 Å². The highest BCUT2D eigenvalue weighted by Crippen LogP contribution is 2.32. The first-order chi connectivity index (χ1) is 9.34. The number of hydrogen-bond acceptors (Lipinski definition) is 3. The zero-order chi connectivity index (χ0) is 15.2. The molecule has 0 atom stereocenters. The van der Waals surface area contributed by atoms with Crippen LogP contribution < -0.4 is 16.0 Å². The van der Waals surface area contributed by atoms with Crippen LogP contribution in [0.3, 0.4) is 0 Å². The predicted octanol–water partition coefficient (Wildman–Crippen LogP) is 2.83. The van der Waals surface area contributed by atoms with Crippen molar-refractivity contribution in [3.8, 4) is 5.75 Å². The Balaban J connectivity index is 2.54. The van der Waals surface area contributed by atoms with Crippen LogP contribution in [0.4, 0.5) is 0 Å². The van der Waals surface area contributed by atoms with Crippen LogP contribution in [-0.2, 0) is 10.2 Å². The van der Waals surface area contributed by atoms with Crippen molar-refractivity contribution >= 4 is 5.91 Å². The highest BCUT2D eigenvalue weighted by atomic mass is 16.5. The third-order valence-corrected chi connectivity index (χ3v) is 3.16. The minimum atomic E-state index is -0.129. The van der Waals surface area contributed by atoms with Gasteiger partial charge in [-0.1, -0.05) is 38.5 Å². The molecule has 0 spiro atoms. The summed E-state index contributed by atoms with van der Waals surface area (Å²) in [6, 6.07) is 6.27. The normalized spacial score (nSPS) is 11.2. The number of benzene rings is 1. The molecule has 0 aliphatic rings. The molecule has 4 heteroatoms. The van der Waals surface area contributed by atoms with Gasteiger partial charge in [-0.2, -0.15) is 0 Å². The second kappa shape index (κ2) is 7.29. The van der Waals surface area contributed by atoms with Crippen molar-refractivity contribution in [2.45, 2.75) is 52.4 Å². The van der Waals surface area contributed by atoms with Crippen molar-refractivity contribution in [3.05, 3.63) is 29.3 Å². The third-order valence-electron chi connectivity index (χ3n) is 3.16. The molecule has 112 valence electrons. The molecule has 0 unspecified atom stereocenters. The number of amides is 1. The van der Waals surface area contributed by atoms with Gasteiger partial charge < -0.3 is 4.74 Å². The molecule has 3 N–H and O–H groups in total. The van der Waals surface area contributed by atoms with E-state index >= 15 is 0 Å². The molecule has 1 amide bonds. The first kappa shape index (κ1) is 16.5. The molecular formula is C16H26N2O2. The monoisotopic (exact) mass is 278 g/mol. The number of hydrogen-bond donors (Lipinski definition) is 2. The topological polar surface area (TPSA) is 64.3 Å². The fourth-order valence-electron chi connectivity index (χ4n) is 2.00. The maximum absolute atomic E-state index is 11.0. The summed E-state index contributed by atoms with van der Waals surface area (Å²) in [6.07, 6.45) is 2.06. The van der Waals surface area contributed by atoms with Crippen LogP contribution >= 0.6 is 0 Å². The smallest absolute Gasteiger partial charge is 0.233 e. The highest BCUT2D eigenvalue weighted by Gasteiger charge is 2.19. The van der Waals surface area contributed by atoms with Gasteiger partial charge in [-0.15, -0.1) is 0 Å². The Labute approximate surface area is 121 Å². The summed E-state index contributed by atoms with van der Waals surface area (Å²) in [5, 5.41) is 0. The van der Waals surface area contributed by atoms with E-state index in [1.165, 1.54) is 11.1 Å². The van der Waals surface area contributed by atoms with E-state index in [0.29, 0.717) is 13.0 Å². The lowest BCUT2D eigenvalue weighted by Crippen LogP contribution is -2.29. The van der Waals surface area contributed by atoms with Gasteiger partial charge in [-0.05, 0) is 36.8 Å². The van der Waals surface area contributed by atoms with Crippen molar-refractivity contribution in [1.29, 1.82) is 0 Å². The fourth-order valence-corrected chi connectivity index (χ4v) is 2.00. The summed E-state index contributed by atoms with van der Waals surface area (Å²) in [6.45, 7) is 9.25. The molecule has 0 saturated heterocycles. The minimum Gasteiger partial charge on any atom is -0.493 e. The van der Waals surface area contributed by atoms with Gasteiger partial charge in [-0.25, -0.2) is 5.84 Å². The van der Waals surface area contributed by atoms with Gasteiger partial charge in [0, 0.05) is 6.42 Å². The second-order valence-electron chi connectivity index (χ2n) is 6.12. The summed E-state index contributed by atoms with van der Waals surface area (Å²) in [5.74, 6) is 5.84. The number of rotatable bonds is 6. The SMILES string of the molecule is Cc1ccc(OCCCCC(=O)NN)c(C(C)(C)C)c1. The van der Waals surface area contributed by atoms with Crippen LogP contribution in [0.2, 0.25) is 0 Å². The molecule has 4 nitrogen and oxygen atoms in total. The van der Waals surface area contributed by atoms with Crippen LogP contribution in [-0.4, -0.2) is 12.5 Å². The van der Waals surface area contributed by atoms with Gasteiger partial charge in [-0.3, -0.25) is 10.2 Å². The number of hydrazine groups is 1. The van der Waals surface area contributed by atoms with Crippen molar-refractivity contribution in [2.75, 3.05) is 6.61 Å². The number of carbonyl (C=O) groups excluding carboxylic acids is 1. The quantitative estimate of drug-likeness (QED) is 0.364. The van der Waals surface area contributed by atoms with Crippen LogP contribution in [0.25, 0.3) is 0 Å². The van der Waals surface area contributed by atoms with Gasteiger partial charge in [0.05, 0.1) is 6.61 Å². The predicted molar refractivity (Wildman–Crippen MR) is 81.6 cm³/mol. The van der Waals surface area contributed by atoms with E-state index in [4.69, 9.17) is 10.6 Å². The van der Waals surface area contributed by atoms with Crippen LogP contribution in [0, 0.1) is 6.92 Å². The van der Waals surface area contributed by atoms with E-state index in [2.05, 4.69) is 45.3 Å². The molecule has 0 fully saturated rings. The third kappa shape index (κ3) is 5.21. The Kier molecular flexibility index (Phi) is 6.02. The molecular weight excluding hydrogens is 252 g/mol. The number of nitrogens with one attached hydrogen (secondary N) is 1. The average Bonchev–Trinajstić information content (AvgIpc) is 2.38. The second-order valence-corrected chi connectivity index (χ2v) is 6.12. The summed E-state index contributed by atoms with van der Waals surface area (Å²) in [5.41, 5.74) is 4.64. The van der Waals surface area contributed by atoms with E-state index < -0.39 is 0 Å². The Hall–Kier alpha value is -1.55. The molecule has 0 bridgehead atoms. The number of nitrogens with two attached hydrogens (primary N) is 1. The van der Waals surface area contributed by atoms with Gasteiger partial charge >= 0.3 is 0 Å². The first-order valence-corrected chi connectivity index (χ1v) is 7.08. The van der Waals surface area contributed by atoms with Crippen LogP contribution in [0.5, 0.6) is 5.75 Å². The maximum atomic E-state index is 11.0. The molecule has 20 heavy (non-hydrogen) atoms. The van der Waals surface area contributed by atoms with E-state index in [0.717, 1.165) is 18.6 Å². The van der Waals surface area contributed by atoms with Gasteiger partial charge in [0.15, 0.2) is 0 Å². The Morgan fingerprint density at radius 3 is 2.60 bits per heavy atom. The molecule has 0 aliphatic heterocycles. The lowest BCUT2D eigenvalue weighted by atomic mass is 9.85. The largest absolute Gasteiger partial charge is 0.493 e. The molecule has 0 radical (unpaired) electrons. The lowest BCUT2D eigenvalue weighted by Gasteiger charge is -2.23. The Bertz CT molecular complexity index is 450. The molecule has 1 aromatic rings. The summed E-state index contributed by atoms with van der Waals surface area (Å²) < 4.78 is 5.87. The van der Waals surface area contributed by atoms with Crippen molar-refractivity contribution in [3.63, 3.8) is 0 Å². The Morgan fingerprint density at radius 2 is 2.00 bits per heavy atom. The molecule has 0 aliphatic carbocycles. The average molecular weight is 278 g/mol. The van der Waals surface area contributed by atoms with Crippen LogP contribution in [0.15, 0.2) is 18.2 Å².